The molecule has 0 spiro atoms. The smallest absolute Gasteiger partial charge is 0.115 e. The molecule has 10 heavy (non-hydrogen) atoms. The fourth-order valence-electron chi connectivity index (χ4n) is 2.15. The zero-order valence-electron chi connectivity index (χ0n) is 5.18. The van der Waals surface area contributed by atoms with E-state index in [9.17, 15) is 10.2 Å². The second-order valence-corrected chi connectivity index (χ2v) is 3.11. The van der Waals surface area contributed by atoms with Crippen LogP contribution in [-0.4, -0.2) is 46.8 Å². The Morgan fingerprint density at radius 2 is 1.00 bits per heavy atom. The Bertz CT molecular complexity index is 147. The van der Waals surface area contributed by atoms with Crippen LogP contribution in [0.3, 0.4) is 0 Å². The van der Waals surface area contributed by atoms with Crippen molar-refractivity contribution in [1.29, 1.82) is 0 Å². The average molecular weight is 144 g/mol. The predicted molar refractivity (Wildman–Crippen MR) is 29.3 cm³/mol. The third-order valence-electron chi connectivity index (χ3n) is 2.62. The molecule has 4 heteroatoms. The summed E-state index contributed by atoms with van der Waals surface area (Å²) >= 11 is 0. The van der Waals surface area contributed by atoms with Gasteiger partial charge in [-0.25, -0.2) is 0 Å². The lowest BCUT2D eigenvalue weighted by atomic mass is 9.95. The summed E-state index contributed by atoms with van der Waals surface area (Å²) in [5.41, 5.74) is 0. The van der Waals surface area contributed by atoms with Crippen LogP contribution in [-0.2, 0) is 9.47 Å². The number of aliphatic hydroxyl groups excluding tert-OH is 2. The fraction of sp³-hybridized carbons (Fsp3) is 1.00. The second kappa shape index (κ2) is 1.38. The summed E-state index contributed by atoms with van der Waals surface area (Å²) in [6, 6.07) is 0. The Kier molecular flexibility index (Phi) is 0.757. The molecule has 4 bridgehead atoms. The first-order valence-electron chi connectivity index (χ1n) is 3.46. The van der Waals surface area contributed by atoms with E-state index in [0.29, 0.717) is 0 Å². The highest BCUT2D eigenvalue weighted by atomic mass is 16.7. The molecule has 4 aliphatic heterocycles. The summed E-state index contributed by atoms with van der Waals surface area (Å²) < 4.78 is 10.5. The lowest BCUT2D eigenvalue weighted by Crippen LogP contribution is -2.38. The van der Waals surface area contributed by atoms with Crippen molar-refractivity contribution >= 4 is 0 Å². The number of ether oxygens (including phenoxy) is 2. The fourth-order valence-corrected chi connectivity index (χ4v) is 2.15. The topological polar surface area (TPSA) is 58.9 Å². The van der Waals surface area contributed by atoms with Crippen molar-refractivity contribution in [3.8, 4) is 0 Å². The van der Waals surface area contributed by atoms with E-state index in [1.807, 2.05) is 0 Å². The third kappa shape index (κ3) is 0.362. The van der Waals surface area contributed by atoms with E-state index in [4.69, 9.17) is 9.47 Å². The van der Waals surface area contributed by atoms with Crippen molar-refractivity contribution in [3.63, 3.8) is 0 Å². The summed E-state index contributed by atoms with van der Waals surface area (Å²) in [6.07, 6.45) is -2.04. The molecule has 0 aromatic rings. The van der Waals surface area contributed by atoms with E-state index >= 15 is 0 Å². The van der Waals surface area contributed by atoms with Crippen LogP contribution in [0.1, 0.15) is 0 Å². The Balaban J connectivity index is 2.05. The molecular formula is C6H8O4. The quantitative estimate of drug-likeness (QED) is 0.423. The normalized spacial score (nSPS) is 70.2. The minimum absolute atomic E-state index is 0.259. The van der Waals surface area contributed by atoms with Crippen LogP contribution in [0.25, 0.3) is 0 Å². The van der Waals surface area contributed by atoms with Crippen LogP contribution in [0.2, 0.25) is 0 Å². The zero-order valence-corrected chi connectivity index (χ0v) is 5.18. The summed E-state index contributed by atoms with van der Waals surface area (Å²) in [5, 5.41) is 18.6. The third-order valence-corrected chi connectivity index (χ3v) is 2.62. The first kappa shape index (κ1) is 5.49. The molecule has 2 N–H and O–H groups in total. The van der Waals surface area contributed by atoms with Crippen LogP contribution in [0, 0.1) is 0 Å². The Hall–Kier alpha value is -0.160. The monoisotopic (exact) mass is 144 g/mol. The SMILES string of the molecule is OC1C2O[C@H]3C(O)C2O[C@@H]13. The van der Waals surface area contributed by atoms with E-state index in [-0.39, 0.29) is 24.4 Å². The molecule has 4 unspecified atom stereocenters. The van der Waals surface area contributed by atoms with Gasteiger partial charge in [0.05, 0.1) is 0 Å². The van der Waals surface area contributed by atoms with Gasteiger partial charge in [-0.2, -0.15) is 0 Å². The minimum atomic E-state index is -0.501. The standard InChI is InChI=1S/C6H8O4/c7-1-3-5-2(8)6(9-3)4(1)10-5/h1-8H/t1?,2?,3-,4?,5-,6?/m0/s1. The van der Waals surface area contributed by atoms with Gasteiger partial charge in [0.2, 0.25) is 0 Å². The van der Waals surface area contributed by atoms with Crippen LogP contribution >= 0.6 is 0 Å². The molecule has 0 saturated carbocycles. The molecule has 0 aromatic heterocycles. The van der Waals surface area contributed by atoms with Gasteiger partial charge in [-0.15, -0.1) is 0 Å². The van der Waals surface area contributed by atoms with Gasteiger partial charge in [-0.1, -0.05) is 0 Å². The van der Waals surface area contributed by atoms with Crippen LogP contribution in [0.15, 0.2) is 0 Å². The van der Waals surface area contributed by atoms with Crippen molar-refractivity contribution in [2.24, 2.45) is 0 Å². The van der Waals surface area contributed by atoms with Crippen molar-refractivity contribution in [3.05, 3.63) is 0 Å². The molecular weight excluding hydrogens is 136 g/mol. The molecule has 4 fully saturated rings. The molecule has 0 amide bonds. The largest absolute Gasteiger partial charge is 0.387 e. The summed E-state index contributed by atoms with van der Waals surface area (Å²) in [5.74, 6) is 0. The summed E-state index contributed by atoms with van der Waals surface area (Å²) in [7, 11) is 0. The van der Waals surface area contributed by atoms with E-state index < -0.39 is 12.2 Å². The van der Waals surface area contributed by atoms with Crippen molar-refractivity contribution < 1.29 is 19.7 Å². The van der Waals surface area contributed by atoms with Gasteiger partial charge in [0.1, 0.15) is 36.6 Å². The minimum Gasteiger partial charge on any atom is -0.387 e. The average Bonchev–Trinajstić information content (AvgIpc) is 2.55. The zero-order chi connectivity index (χ0) is 6.88. The summed E-state index contributed by atoms with van der Waals surface area (Å²) in [6.45, 7) is 0. The van der Waals surface area contributed by atoms with E-state index in [0.717, 1.165) is 0 Å². The highest BCUT2D eigenvalue weighted by Gasteiger charge is 2.68. The van der Waals surface area contributed by atoms with Crippen molar-refractivity contribution in [2.75, 3.05) is 0 Å². The second-order valence-electron chi connectivity index (χ2n) is 3.11. The number of aliphatic hydroxyl groups is 2. The van der Waals surface area contributed by atoms with Crippen molar-refractivity contribution in [2.45, 2.75) is 36.6 Å². The maximum absolute atomic E-state index is 9.29. The molecule has 4 rings (SSSR count). The first-order chi connectivity index (χ1) is 4.79. The first-order valence-corrected chi connectivity index (χ1v) is 3.46. The molecule has 0 aliphatic carbocycles. The highest BCUT2D eigenvalue weighted by molar-refractivity contribution is 5.15. The molecule has 4 aliphatic rings. The maximum atomic E-state index is 9.29. The Morgan fingerprint density at radius 1 is 0.700 bits per heavy atom. The predicted octanol–water partition coefficient (Wildman–Crippen LogP) is -1.74. The van der Waals surface area contributed by atoms with Gasteiger partial charge >= 0.3 is 0 Å². The van der Waals surface area contributed by atoms with E-state index in [1.165, 1.54) is 0 Å². The molecule has 56 valence electrons. The molecule has 4 saturated heterocycles. The van der Waals surface area contributed by atoms with Gasteiger partial charge in [0.15, 0.2) is 0 Å². The van der Waals surface area contributed by atoms with Crippen molar-refractivity contribution in [1.82, 2.24) is 0 Å². The molecule has 0 radical (unpaired) electrons. The molecule has 6 atom stereocenters. The summed E-state index contributed by atoms with van der Waals surface area (Å²) in [4.78, 5) is 0. The molecule has 0 aromatic carbocycles. The van der Waals surface area contributed by atoms with Gasteiger partial charge < -0.3 is 19.7 Å². The van der Waals surface area contributed by atoms with Gasteiger partial charge in [0.25, 0.3) is 0 Å². The van der Waals surface area contributed by atoms with Gasteiger partial charge in [-0.3, -0.25) is 0 Å². The van der Waals surface area contributed by atoms with Gasteiger partial charge in [0, 0.05) is 0 Å². The molecule has 4 heterocycles. The van der Waals surface area contributed by atoms with Gasteiger partial charge in [-0.05, 0) is 0 Å². The Labute approximate surface area is 57.4 Å². The number of hydrogen-bond acceptors (Lipinski definition) is 4. The van der Waals surface area contributed by atoms with E-state index in [1.54, 1.807) is 0 Å². The Morgan fingerprint density at radius 3 is 1.20 bits per heavy atom. The number of rotatable bonds is 0. The van der Waals surface area contributed by atoms with E-state index in [2.05, 4.69) is 0 Å². The molecule has 4 nitrogen and oxygen atoms in total. The number of hydrogen-bond donors (Lipinski definition) is 2. The van der Waals surface area contributed by atoms with Crippen LogP contribution in [0.4, 0.5) is 0 Å². The lowest BCUT2D eigenvalue weighted by molar-refractivity contribution is -0.0419. The van der Waals surface area contributed by atoms with Crippen LogP contribution < -0.4 is 0 Å². The lowest BCUT2D eigenvalue weighted by Gasteiger charge is -2.11. The van der Waals surface area contributed by atoms with Crippen LogP contribution in [0.5, 0.6) is 0 Å². The maximum Gasteiger partial charge on any atom is 0.115 e. The highest BCUT2D eigenvalue weighted by Crippen LogP contribution is 2.46.